The van der Waals surface area contributed by atoms with Gasteiger partial charge in [-0.2, -0.15) is 13.2 Å². The molecule has 0 aliphatic rings. The van der Waals surface area contributed by atoms with Gasteiger partial charge in [0.1, 0.15) is 5.25 Å². The maximum absolute atomic E-state index is 12.4. The zero-order chi connectivity index (χ0) is 12.2. The van der Waals surface area contributed by atoms with Gasteiger partial charge in [-0.25, -0.2) is 0 Å². The summed E-state index contributed by atoms with van der Waals surface area (Å²) in [4.78, 5) is 0. The van der Waals surface area contributed by atoms with Crippen LogP contribution in [0.2, 0.25) is 0 Å². The number of halogens is 3. The minimum Gasteiger partial charge on any atom is -0.329 e. The average Bonchev–Trinajstić information content (AvgIpc) is 2.19. The van der Waals surface area contributed by atoms with Gasteiger partial charge >= 0.3 is 6.18 Å². The number of aryl methyl sites for hydroxylation is 1. The maximum Gasteiger partial charge on any atom is 0.401 e. The van der Waals surface area contributed by atoms with Gasteiger partial charge in [0.2, 0.25) is 0 Å². The maximum atomic E-state index is 12.4. The third kappa shape index (κ3) is 3.72. The summed E-state index contributed by atoms with van der Waals surface area (Å²) in [6.45, 7) is 1.51. The summed E-state index contributed by atoms with van der Waals surface area (Å²) in [6, 6.07) is 7.43. The molecule has 1 aromatic rings. The molecule has 90 valence electrons. The van der Waals surface area contributed by atoms with Crippen molar-refractivity contribution in [1.82, 2.24) is 0 Å². The quantitative estimate of drug-likeness (QED) is 0.887. The second-order valence-electron chi connectivity index (χ2n) is 3.50. The zero-order valence-electron chi connectivity index (χ0n) is 8.92. The van der Waals surface area contributed by atoms with Gasteiger partial charge in [-0.1, -0.05) is 24.3 Å². The number of alkyl halides is 3. The highest BCUT2D eigenvalue weighted by Crippen LogP contribution is 2.32. The molecule has 16 heavy (non-hydrogen) atoms. The molecule has 0 aliphatic carbocycles. The van der Waals surface area contributed by atoms with Crippen molar-refractivity contribution in [1.29, 1.82) is 0 Å². The predicted molar refractivity (Wildman–Crippen MR) is 61.4 cm³/mol. The number of benzene rings is 1. The van der Waals surface area contributed by atoms with Crippen molar-refractivity contribution >= 4 is 11.8 Å². The van der Waals surface area contributed by atoms with Gasteiger partial charge in [0.05, 0.1) is 0 Å². The van der Waals surface area contributed by atoms with Gasteiger partial charge in [-0.3, -0.25) is 0 Å². The van der Waals surface area contributed by atoms with Crippen molar-refractivity contribution < 1.29 is 13.2 Å². The first kappa shape index (κ1) is 13.4. The van der Waals surface area contributed by atoms with Crippen molar-refractivity contribution in [2.75, 3.05) is 6.54 Å². The first-order valence-electron chi connectivity index (χ1n) is 4.88. The molecule has 1 rings (SSSR count). The van der Waals surface area contributed by atoms with Gasteiger partial charge in [-0.05, 0) is 18.1 Å². The third-order valence-electron chi connectivity index (χ3n) is 2.28. The van der Waals surface area contributed by atoms with Crippen molar-refractivity contribution in [3.63, 3.8) is 0 Å². The molecule has 0 bridgehead atoms. The lowest BCUT2D eigenvalue weighted by atomic mass is 10.1. The van der Waals surface area contributed by atoms with Gasteiger partial charge < -0.3 is 5.73 Å². The Labute approximate surface area is 97.2 Å². The third-order valence-corrected chi connectivity index (χ3v) is 3.62. The fraction of sp³-hybridized carbons (Fsp3) is 0.455. The van der Waals surface area contributed by atoms with Gasteiger partial charge in [0, 0.05) is 12.3 Å². The van der Waals surface area contributed by atoms with Crippen molar-refractivity contribution in [3.8, 4) is 0 Å². The normalized spacial score (nSPS) is 13.8. The predicted octanol–water partition coefficient (Wildman–Crippen LogP) is 3.12. The van der Waals surface area contributed by atoms with Crippen LogP contribution in [0.3, 0.4) is 0 Å². The first-order chi connectivity index (χ1) is 7.45. The second kappa shape index (κ2) is 5.59. The van der Waals surface area contributed by atoms with E-state index in [0.29, 0.717) is 5.75 Å². The molecule has 1 unspecified atom stereocenters. The molecule has 0 fully saturated rings. The minimum atomic E-state index is -4.22. The van der Waals surface area contributed by atoms with Crippen LogP contribution in [0.4, 0.5) is 13.2 Å². The van der Waals surface area contributed by atoms with E-state index in [-0.39, 0.29) is 6.54 Å². The molecule has 1 aromatic carbocycles. The Hall–Kier alpha value is -0.680. The largest absolute Gasteiger partial charge is 0.401 e. The van der Waals surface area contributed by atoms with Crippen molar-refractivity contribution in [2.24, 2.45) is 5.73 Å². The molecule has 0 heterocycles. The first-order valence-corrected chi connectivity index (χ1v) is 5.93. The molecule has 0 saturated carbocycles. The summed E-state index contributed by atoms with van der Waals surface area (Å²) in [5.74, 6) is 0.341. The molecule has 0 aromatic heterocycles. The minimum absolute atomic E-state index is 0.341. The fourth-order valence-electron chi connectivity index (χ4n) is 1.26. The molecule has 0 saturated heterocycles. The number of rotatable bonds is 4. The van der Waals surface area contributed by atoms with E-state index in [1.54, 1.807) is 0 Å². The topological polar surface area (TPSA) is 26.0 Å². The Balaban J connectivity index is 2.60. The van der Waals surface area contributed by atoms with Crippen LogP contribution in [0.1, 0.15) is 11.1 Å². The van der Waals surface area contributed by atoms with Crippen LogP contribution in [0.15, 0.2) is 24.3 Å². The van der Waals surface area contributed by atoms with E-state index in [4.69, 9.17) is 5.73 Å². The van der Waals surface area contributed by atoms with Crippen molar-refractivity contribution in [3.05, 3.63) is 35.4 Å². The fourth-order valence-corrected chi connectivity index (χ4v) is 2.29. The summed E-state index contributed by atoms with van der Waals surface area (Å²) in [7, 11) is 0. The lowest BCUT2D eigenvalue weighted by Gasteiger charge is -2.18. The van der Waals surface area contributed by atoms with E-state index in [0.717, 1.165) is 22.9 Å². The van der Waals surface area contributed by atoms with Crippen molar-refractivity contribution in [2.45, 2.75) is 24.1 Å². The van der Waals surface area contributed by atoms with Crippen LogP contribution in [0.5, 0.6) is 0 Å². The Morgan fingerprint density at radius 1 is 1.31 bits per heavy atom. The van der Waals surface area contributed by atoms with Crippen LogP contribution < -0.4 is 5.73 Å². The highest BCUT2D eigenvalue weighted by Gasteiger charge is 2.38. The highest BCUT2D eigenvalue weighted by molar-refractivity contribution is 7.99. The van der Waals surface area contributed by atoms with E-state index in [1.165, 1.54) is 0 Å². The number of hydrogen-bond donors (Lipinski definition) is 1. The Kier molecular flexibility index (Phi) is 4.68. The smallest absolute Gasteiger partial charge is 0.329 e. The summed E-state index contributed by atoms with van der Waals surface area (Å²) in [5.41, 5.74) is 7.05. The lowest BCUT2D eigenvalue weighted by Crippen LogP contribution is -2.33. The van der Waals surface area contributed by atoms with E-state index in [1.807, 2.05) is 31.2 Å². The summed E-state index contributed by atoms with van der Waals surface area (Å²) in [5, 5.41) is -1.48. The molecular weight excluding hydrogens is 235 g/mol. The SMILES string of the molecule is Cc1ccccc1CSC(CN)C(F)(F)F. The summed E-state index contributed by atoms with van der Waals surface area (Å²) in [6.07, 6.45) is -4.22. The second-order valence-corrected chi connectivity index (χ2v) is 4.69. The highest BCUT2D eigenvalue weighted by atomic mass is 32.2. The number of hydrogen-bond acceptors (Lipinski definition) is 2. The average molecular weight is 249 g/mol. The molecule has 1 atom stereocenters. The van der Waals surface area contributed by atoms with Gasteiger partial charge in [-0.15, -0.1) is 11.8 Å². The number of thioether (sulfide) groups is 1. The van der Waals surface area contributed by atoms with Crippen LogP contribution in [-0.2, 0) is 5.75 Å². The molecular formula is C11H14F3NS. The van der Waals surface area contributed by atoms with E-state index in [2.05, 4.69) is 0 Å². The molecule has 0 amide bonds. The summed E-state index contributed by atoms with van der Waals surface area (Å²) >= 11 is 0.846. The molecule has 0 spiro atoms. The lowest BCUT2D eigenvalue weighted by molar-refractivity contribution is -0.126. The van der Waals surface area contributed by atoms with Crippen LogP contribution in [0, 0.1) is 6.92 Å². The molecule has 0 aliphatic heterocycles. The Morgan fingerprint density at radius 2 is 1.94 bits per heavy atom. The van der Waals surface area contributed by atoms with Crippen LogP contribution in [0.25, 0.3) is 0 Å². The molecule has 1 nitrogen and oxygen atoms in total. The summed E-state index contributed by atoms with van der Waals surface area (Å²) < 4.78 is 37.3. The van der Waals surface area contributed by atoms with E-state index in [9.17, 15) is 13.2 Å². The monoisotopic (exact) mass is 249 g/mol. The standard InChI is InChI=1S/C11H14F3NS/c1-8-4-2-3-5-9(8)7-16-10(6-15)11(12,13)14/h2-5,10H,6-7,15H2,1H3. The van der Waals surface area contributed by atoms with Crippen LogP contribution in [-0.4, -0.2) is 18.0 Å². The molecule has 2 N–H and O–H groups in total. The Bertz CT molecular complexity index is 338. The molecule has 5 heteroatoms. The Morgan fingerprint density at radius 3 is 2.44 bits per heavy atom. The van der Waals surface area contributed by atoms with Crippen LogP contribution >= 0.6 is 11.8 Å². The van der Waals surface area contributed by atoms with E-state index >= 15 is 0 Å². The number of nitrogens with two attached hydrogens (primary N) is 1. The van der Waals surface area contributed by atoms with E-state index < -0.39 is 11.4 Å². The van der Waals surface area contributed by atoms with Gasteiger partial charge in [0.25, 0.3) is 0 Å². The van der Waals surface area contributed by atoms with Gasteiger partial charge in [0.15, 0.2) is 0 Å². The molecule has 0 radical (unpaired) electrons. The zero-order valence-corrected chi connectivity index (χ0v) is 9.74.